The molecule has 42 heavy (non-hydrogen) atoms. The number of hydrogen-bond donors (Lipinski definition) is 6. The summed E-state index contributed by atoms with van der Waals surface area (Å²) in [4.78, 5) is 85.0. The Labute approximate surface area is 245 Å². The predicted octanol–water partition coefficient (Wildman–Crippen LogP) is -2.85. The predicted molar refractivity (Wildman–Crippen MR) is 127 cm³/mol. The van der Waals surface area contributed by atoms with Gasteiger partial charge in [0.25, 0.3) is 0 Å². The quantitative estimate of drug-likeness (QED) is 0.0863. The summed E-state index contributed by atoms with van der Waals surface area (Å²) >= 11 is 0. The molecule has 0 saturated heterocycles. The van der Waals surface area contributed by atoms with Gasteiger partial charge in [-0.25, -0.2) is 19.2 Å². The zero-order valence-corrected chi connectivity index (χ0v) is 21.9. The van der Waals surface area contributed by atoms with Crippen molar-refractivity contribution in [1.82, 2.24) is 0 Å². The number of aromatic carboxylic acids is 2. The molecule has 2 aromatic rings. The van der Waals surface area contributed by atoms with E-state index in [1.54, 1.807) is 0 Å². The van der Waals surface area contributed by atoms with E-state index in [-0.39, 0.29) is 39.3 Å². The Morgan fingerprint density at radius 1 is 0.595 bits per heavy atom. The molecule has 17 nitrogen and oxygen atoms in total. The van der Waals surface area contributed by atoms with Crippen LogP contribution in [0.2, 0.25) is 0 Å². The van der Waals surface area contributed by atoms with E-state index in [1.807, 2.05) is 0 Å². The number of benzene rings is 2. The Morgan fingerprint density at radius 2 is 0.857 bits per heavy atom. The Bertz CT molecular complexity index is 1230. The molecular weight excluding hydrogens is 620 g/mol. The van der Waals surface area contributed by atoms with Crippen molar-refractivity contribution in [2.45, 2.75) is 24.9 Å². The molecule has 18 heteroatoms. The second kappa shape index (κ2) is 19.0. The van der Waals surface area contributed by atoms with Gasteiger partial charge in [0.2, 0.25) is 0 Å². The van der Waals surface area contributed by atoms with Gasteiger partial charge in [-0.1, -0.05) is 24.3 Å². The average Bonchev–Trinajstić information content (AvgIpc) is 2.88. The number of ether oxygens (including phenoxy) is 1. The zero-order valence-electron chi connectivity index (χ0n) is 20.9. The van der Waals surface area contributed by atoms with Gasteiger partial charge in [-0.2, -0.15) is 0 Å². The number of hydrogen-bond acceptors (Lipinski definition) is 13. The summed E-state index contributed by atoms with van der Waals surface area (Å²) in [7, 11) is 0. The van der Waals surface area contributed by atoms with Crippen LogP contribution in [-0.2, 0) is 41.0 Å². The maximum Gasteiger partial charge on any atom is 2.00 e. The number of carbonyl (C=O) groups excluding carboxylic acids is 4. The van der Waals surface area contributed by atoms with Crippen molar-refractivity contribution in [3.63, 3.8) is 0 Å². The Kier molecular flexibility index (Phi) is 17.6. The first-order valence-corrected chi connectivity index (χ1v) is 10.8. The standard InChI is InChI=1S/C16H10O7.2C4H7NO4.Cu/c17-13(18)9-5-1-3-7-11(9)15(21)23-16(22)12-8-4-2-6-10(12)14(19)20;2*5-2(4(8)9)1-3(6)7;/h1-8H,(H,17,18)(H,19,20);2*2H,1,5H2,(H,6,7)(H,8,9);/q;;;+2/p-2/t;2*2-;/m.00./s1. The molecule has 0 heterocycles. The van der Waals surface area contributed by atoms with Gasteiger partial charge >= 0.3 is 52.9 Å². The SMILES string of the molecule is N[C@@H](CC(=O)O)C(=O)[O-].N[C@@H](CC(=O)O)C(=O)[O-].O=C(O)c1ccccc1C(=O)OC(=O)c1ccccc1C(=O)O.[Cu+2]. The average molecular weight is 642 g/mol. The van der Waals surface area contributed by atoms with E-state index in [4.69, 9.17) is 31.9 Å². The normalized spacial score (nSPS) is 10.8. The molecule has 0 aliphatic rings. The molecule has 229 valence electrons. The van der Waals surface area contributed by atoms with Gasteiger partial charge in [-0.3, -0.25) is 9.59 Å². The maximum absolute atomic E-state index is 12.0. The van der Waals surface area contributed by atoms with E-state index in [0.717, 1.165) is 0 Å². The van der Waals surface area contributed by atoms with Crippen molar-refractivity contribution in [3.05, 3.63) is 70.8 Å². The van der Waals surface area contributed by atoms with Gasteiger partial charge in [0.1, 0.15) is 0 Å². The minimum atomic E-state index is -1.54. The number of nitrogens with two attached hydrogens (primary N) is 2. The topological polar surface area (TPSA) is 325 Å². The summed E-state index contributed by atoms with van der Waals surface area (Å²) in [6.45, 7) is 0. The number of carboxylic acids is 6. The largest absolute Gasteiger partial charge is 2.00 e. The fraction of sp³-hybridized carbons (Fsp3) is 0.167. The second-order valence-electron chi connectivity index (χ2n) is 7.43. The number of carbonyl (C=O) groups is 8. The van der Waals surface area contributed by atoms with E-state index >= 15 is 0 Å². The molecule has 0 unspecified atom stereocenters. The third kappa shape index (κ3) is 14.3. The molecule has 2 aromatic carbocycles. The summed E-state index contributed by atoms with van der Waals surface area (Å²) < 4.78 is 4.60. The summed E-state index contributed by atoms with van der Waals surface area (Å²) in [5.74, 6) is -10.6. The summed E-state index contributed by atoms with van der Waals surface area (Å²) in [6, 6.07) is 7.64. The monoisotopic (exact) mass is 641 g/mol. The fourth-order valence-corrected chi connectivity index (χ4v) is 2.43. The van der Waals surface area contributed by atoms with Crippen LogP contribution in [0.25, 0.3) is 0 Å². The van der Waals surface area contributed by atoms with Crippen LogP contribution in [0.3, 0.4) is 0 Å². The molecule has 8 N–H and O–H groups in total. The van der Waals surface area contributed by atoms with E-state index < -0.39 is 72.7 Å². The third-order valence-electron chi connectivity index (χ3n) is 4.33. The molecule has 0 aliphatic heterocycles. The summed E-state index contributed by atoms with van der Waals surface area (Å²) in [6.07, 6.45) is -1.19. The molecule has 1 radical (unpaired) electrons. The molecule has 2 atom stereocenters. The Balaban J connectivity index is 0. The first-order valence-electron chi connectivity index (χ1n) is 10.8. The second-order valence-corrected chi connectivity index (χ2v) is 7.43. The number of aliphatic carboxylic acids is 4. The smallest absolute Gasteiger partial charge is 0.548 e. The van der Waals surface area contributed by atoms with E-state index in [0.29, 0.717) is 0 Å². The Morgan fingerprint density at radius 3 is 1.05 bits per heavy atom. The Hall–Kier alpha value is -5.16. The van der Waals surface area contributed by atoms with Crippen molar-refractivity contribution in [2.24, 2.45) is 11.5 Å². The van der Waals surface area contributed by atoms with Crippen LogP contribution in [-0.4, -0.2) is 80.3 Å². The minimum absolute atomic E-state index is 0. The van der Waals surface area contributed by atoms with Crippen LogP contribution in [0.4, 0.5) is 0 Å². The molecule has 0 fully saturated rings. The van der Waals surface area contributed by atoms with Crippen molar-refractivity contribution < 1.29 is 90.8 Å². The molecule has 0 saturated carbocycles. The van der Waals surface area contributed by atoms with Gasteiger partial charge in [-0.05, 0) is 24.3 Å². The van der Waals surface area contributed by atoms with E-state index in [9.17, 15) is 48.6 Å². The third-order valence-corrected chi connectivity index (χ3v) is 4.33. The van der Waals surface area contributed by atoms with Gasteiger partial charge in [0.15, 0.2) is 0 Å². The van der Waals surface area contributed by atoms with Crippen molar-refractivity contribution in [3.8, 4) is 0 Å². The van der Waals surface area contributed by atoms with Crippen molar-refractivity contribution >= 4 is 47.8 Å². The molecular formula is C24H22CuN2O15. The minimum Gasteiger partial charge on any atom is -0.548 e. The molecule has 0 spiro atoms. The first-order chi connectivity index (χ1) is 19.0. The van der Waals surface area contributed by atoms with Crippen LogP contribution in [0.5, 0.6) is 0 Å². The van der Waals surface area contributed by atoms with Crippen molar-refractivity contribution in [1.29, 1.82) is 0 Å². The van der Waals surface area contributed by atoms with Gasteiger partial charge in [0.05, 0.1) is 59.1 Å². The molecule has 0 bridgehead atoms. The maximum atomic E-state index is 12.0. The summed E-state index contributed by atoms with van der Waals surface area (Å²) in [5, 5.41) is 53.4. The van der Waals surface area contributed by atoms with Gasteiger partial charge in [0, 0.05) is 0 Å². The number of carboxylic acid groups (broad SMARTS) is 6. The molecule has 0 amide bonds. The van der Waals surface area contributed by atoms with Crippen LogP contribution in [0, 0.1) is 0 Å². The first kappa shape index (κ1) is 39.0. The van der Waals surface area contributed by atoms with Crippen LogP contribution in [0.15, 0.2) is 48.5 Å². The van der Waals surface area contributed by atoms with Crippen LogP contribution in [0.1, 0.15) is 54.3 Å². The van der Waals surface area contributed by atoms with E-state index in [1.165, 1.54) is 48.5 Å². The van der Waals surface area contributed by atoms with Gasteiger partial charge in [-0.15, -0.1) is 0 Å². The number of rotatable bonds is 10. The molecule has 0 aromatic heterocycles. The van der Waals surface area contributed by atoms with Crippen molar-refractivity contribution in [2.75, 3.05) is 0 Å². The van der Waals surface area contributed by atoms with Gasteiger partial charge < -0.3 is 56.4 Å². The van der Waals surface area contributed by atoms with Crippen LogP contribution < -0.4 is 21.7 Å². The summed E-state index contributed by atoms with van der Waals surface area (Å²) in [5.41, 5.74) is 8.30. The fourth-order valence-electron chi connectivity index (χ4n) is 2.43. The van der Waals surface area contributed by atoms with E-state index in [2.05, 4.69) is 4.74 Å². The molecule has 0 aliphatic carbocycles. The van der Waals surface area contributed by atoms with Crippen LogP contribution >= 0.6 is 0 Å². The zero-order chi connectivity index (χ0) is 31.9. The molecule has 2 rings (SSSR count). The number of esters is 2.